The van der Waals surface area contributed by atoms with Crippen LogP contribution in [0.25, 0.3) is 10.9 Å². The van der Waals surface area contributed by atoms with Crippen molar-refractivity contribution in [2.24, 2.45) is 0 Å². The Morgan fingerprint density at radius 3 is 2.30 bits per heavy atom. The van der Waals surface area contributed by atoms with E-state index in [4.69, 9.17) is 4.98 Å². The lowest BCUT2D eigenvalue weighted by Gasteiger charge is -2.17. The molecule has 0 atom stereocenters. The minimum atomic E-state index is 0.496. The predicted molar refractivity (Wildman–Crippen MR) is 86.7 cm³/mol. The predicted octanol–water partition coefficient (Wildman–Crippen LogP) is 5.28. The molecule has 0 N–H and O–H groups in total. The Bertz CT molecular complexity index is 665. The van der Waals surface area contributed by atoms with Crippen molar-refractivity contribution < 1.29 is 0 Å². The molecule has 106 valence electrons. The summed E-state index contributed by atoms with van der Waals surface area (Å²) in [6.07, 6.45) is 3.74. The molecule has 0 amide bonds. The normalized spacial score (nSPS) is 14.6. The third-order valence-electron chi connectivity index (χ3n) is 4.66. The number of fused-ring (bicyclic) bond motifs is 3. The van der Waals surface area contributed by atoms with Gasteiger partial charge in [-0.2, -0.15) is 0 Å². The largest absolute Gasteiger partial charge is 0.252 e. The highest BCUT2D eigenvalue weighted by Crippen LogP contribution is 2.36. The summed E-state index contributed by atoms with van der Waals surface area (Å²) in [7, 11) is 0. The number of aromatic nitrogens is 1. The van der Waals surface area contributed by atoms with Gasteiger partial charge >= 0.3 is 0 Å². The quantitative estimate of drug-likeness (QED) is 0.721. The fourth-order valence-corrected chi connectivity index (χ4v) is 3.49. The number of aryl methyl sites for hydroxylation is 2. The van der Waals surface area contributed by atoms with E-state index in [1.54, 1.807) is 5.56 Å². The van der Waals surface area contributed by atoms with E-state index in [1.807, 2.05) is 0 Å². The van der Waals surface area contributed by atoms with Gasteiger partial charge in [0.25, 0.3) is 0 Å². The summed E-state index contributed by atoms with van der Waals surface area (Å²) in [4.78, 5) is 5.03. The zero-order valence-electron chi connectivity index (χ0n) is 13.4. The van der Waals surface area contributed by atoms with E-state index in [-0.39, 0.29) is 0 Å². The number of rotatable bonds is 2. The Hall–Kier alpha value is -1.37. The molecule has 20 heavy (non-hydrogen) atoms. The lowest BCUT2D eigenvalue weighted by Crippen LogP contribution is -2.02. The molecule has 0 bridgehead atoms. The lowest BCUT2D eigenvalue weighted by molar-refractivity contribution is 0.810. The van der Waals surface area contributed by atoms with Gasteiger partial charge in [0.2, 0.25) is 0 Å². The molecule has 0 radical (unpaired) electrons. The van der Waals surface area contributed by atoms with Crippen LogP contribution >= 0.6 is 0 Å². The Kier molecular flexibility index (Phi) is 3.32. The standard InChI is InChI=1S/C19H25N/c1-11(2)16-10-18(12(3)4)20-19-15-8-6-7-14(15)13(5)9-17(16)19/h9-12H,6-8H2,1-5H3. The van der Waals surface area contributed by atoms with Crippen molar-refractivity contribution in [3.63, 3.8) is 0 Å². The molecule has 1 aromatic heterocycles. The topological polar surface area (TPSA) is 12.9 Å². The molecule has 1 heterocycles. The first-order chi connectivity index (χ1) is 9.49. The maximum absolute atomic E-state index is 5.03. The first-order valence-electron chi connectivity index (χ1n) is 7.95. The summed E-state index contributed by atoms with van der Waals surface area (Å²) in [5, 5.41) is 1.39. The second-order valence-electron chi connectivity index (χ2n) is 6.85. The van der Waals surface area contributed by atoms with Gasteiger partial charge < -0.3 is 0 Å². The smallest absolute Gasteiger partial charge is 0.0743 e. The first kappa shape index (κ1) is 13.6. The van der Waals surface area contributed by atoms with Crippen LogP contribution < -0.4 is 0 Å². The second-order valence-corrected chi connectivity index (χ2v) is 6.85. The molecule has 0 saturated heterocycles. The van der Waals surface area contributed by atoms with E-state index >= 15 is 0 Å². The minimum Gasteiger partial charge on any atom is -0.252 e. The van der Waals surface area contributed by atoms with Crippen molar-refractivity contribution in [2.45, 2.75) is 65.7 Å². The Balaban J connectivity index is 2.40. The molecule has 1 aliphatic carbocycles. The molecule has 2 aromatic rings. The van der Waals surface area contributed by atoms with Crippen molar-refractivity contribution >= 4 is 10.9 Å². The molecule has 3 rings (SSSR count). The van der Waals surface area contributed by atoms with Gasteiger partial charge in [-0.3, -0.25) is 4.98 Å². The zero-order valence-corrected chi connectivity index (χ0v) is 13.4. The number of nitrogens with zero attached hydrogens (tertiary/aromatic N) is 1. The fourth-order valence-electron chi connectivity index (χ4n) is 3.49. The third-order valence-corrected chi connectivity index (χ3v) is 4.66. The Morgan fingerprint density at radius 2 is 1.65 bits per heavy atom. The van der Waals surface area contributed by atoms with E-state index < -0.39 is 0 Å². The molecular formula is C19H25N. The first-order valence-corrected chi connectivity index (χ1v) is 7.95. The summed E-state index contributed by atoms with van der Waals surface area (Å²) in [5.41, 5.74) is 8.57. The van der Waals surface area contributed by atoms with Crippen molar-refractivity contribution in [3.05, 3.63) is 40.1 Å². The van der Waals surface area contributed by atoms with E-state index in [0.29, 0.717) is 11.8 Å². The summed E-state index contributed by atoms with van der Waals surface area (Å²) in [6.45, 7) is 11.3. The molecule has 0 fully saturated rings. The molecule has 0 aliphatic heterocycles. The highest BCUT2D eigenvalue weighted by atomic mass is 14.7. The van der Waals surface area contributed by atoms with Gasteiger partial charge in [-0.15, -0.1) is 0 Å². The molecule has 1 aromatic carbocycles. The monoisotopic (exact) mass is 267 g/mol. The maximum atomic E-state index is 5.03. The van der Waals surface area contributed by atoms with Gasteiger partial charge in [-0.25, -0.2) is 0 Å². The summed E-state index contributed by atoms with van der Waals surface area (Å²) < 4.78 is 0. The average molecular weight is 267 g/mol. The number of hydrogen-bond acceptors (Lipinski definition) is 1. The molecule has 0 saturated carbocycles. The summed E-state index contributed by atoms with van der Waals surface area (Å²) >= 11 is 0. The van der Waals surface area contributed by atoms with Crippen LogP contribution in [0.15, 0.2) is 12.1 Å². The van der Waals surface area contributed by atoms with E-state index in [1.165, 1.54) is 52.5 Å². The van der Waals surface area contributed by atoms with Gasteiger partial charge in [0.1, 0.15) is 0 Å². The van der Waals surface area contributed by atoms with Crippen LogP contribution in [0.1, 0.15) is 73.9 Å². The van der Waals surface area contributed by atoms with E-state index in [9.17, 15) is 0 Å². The fraction of sp³-hybridized carbons (Fsp3) is 0.526. The number of pyridine rings is 1. The SMILES string of the molecule is Cc1cc2c(C(C)C)cc(C(C)C)nc2c2c1CCC2. The van der Waals surface area contributed by atoms with Crippen molar-refractivity contribution in [1.82, 2.24) is 4.98 Å². The van der Waals surface area contributed by atoms with Crippen molar-refractivity contribution in [3.8, 4) is 0 Å². The summed E-state index contributed by atoms with van der Waals surface area (Å²) in [5.74, 6) is 1.05. The van der Waals surface area contributed by atoms with Crippen LogP contribution in [0.2, 0.25) is 0 Å². The van der Waals surface area contributed by atoms with Gasteiger partial charge in [0.05, 0.1) is 5.52 Å². The highest BCUT2D eigenvalue weighted by Gasteiger charge is 2.20. The molecule has 0 unspecified atom stereocenters. The maximum Gasteiger partial charge on any atom is 0.0743 e. The van der Waals surface area contributed by atoms with Crippen LogP contribution in [0, 0.1) is 6.92 Å². The Labute approximate surface area is 122 Å². The van der Waals surface area contributed by atoms with Crippen LogP contribution in [-0.2, 0) is 12.8 Å². The van der Waals surface area contributed by atoms with Crippen LogP contribution in [-0.4, -0.2) is 4.98 Å². The lowest BCUT2D eigenvalue weighted by atomic mass is 9.91. The third kappa shape index (κ3) is 2.04. The average Bonchev–Trinajstić information content (AvgIpc) is 2.87. The molecule has 1 heteroatoms. The van der Waals surface area contributed by atoms with Crippen LogP contribution in [0.4, 0.5) is 0 Å². The van der Waals surface area contributed by atoms with E-state index in [2.05, 4.69) is 46.8 Å². The van der Waals surface area contributed by atoms with Crippen molar-refractivity contribution in [1.29, 1.82) is 0 Å². The van der Waals surface area contributed by atoms with Gasteiger partial charge in [-0.05, 0) is 72.4 Å². The van der Waals surface area contributed by atoms with Gasteiger partial charge in [0, 0.05) is 11.1 Å². The molecule has 1 aliphatic rings. The van der Waals surface area contributed by atoms with Gasteiger partial charge in [0.15, 0.2) is 0 Å². The minimum absolute atomic E-state index is 0.496. The van der Waals surface area contributed by atoms with Crippen LogP contribution in [0.5, 0.6) is 0 Å². The number of hydrogen-bond donors (Lipinski definition) is 0. The second kappa shape index (κ2) is 4.87. The molecular weight excluding hydrogens is 242 g/mol. The highest BCUT2D eigenvalue weighted by molar-refractivity contribution is 5.88. The van der Waals surface area contributed by atoms with Gasteiger partial charge in [-0.1, -0.05) is 27.7 Å². The molecule has 1 nitrogen and oxygen atoms in total. The molecule has 0 spiro atoms. The van der Waals surface area contributed by atoms with Crippen LogP contribution in [0.3, 0.4) is 0 Å². The van der Waals surface area contributed by atoms with Crippen molar-refractivity contribution in [2.75, 3.05) is 0 Å². The zero-order chi connectivity index (χ0) is 14.4. The number of benzene rings is 1. The Morgan fingerprint density at radius 1 is 0.950 bits per heavy atom. The van der Waals surface area contributed by atoms with E-state index in [0.717, 1.165) is 0 Å². The summed E-state index contributed by atoms with van der Waals surface area (Å²) in [6, 6.07) is 4.71.